The summed E-state index contributed by atoms with van der Waals surface area (Å²) >= 11 is 0. The first-order valence-electron chi connectivity index (χ1n) is 10.5. The van der Waals surface area contributed by atoms with Gasteiger partial charge < -0.3 is 14.6 Å². The number of carbonyl (C=O) groups is 2. The van der Waals surface area contributed by atoms with Crippen LogP contribution >= 0.6 is 0 Å². The molecule has 0 saturated heterocycles. The van der Waals surface area contributed by atoms with Crippen LogP contribution in [0.25, 0.3) is 6.08 Å². The maximum Gasteiger partial charge on any atom is 0.330 e. The van der Waals surface area contributed by atoms with Crippen molar-refractivity contribution in [3.05, 3.63) is 48.6 Å². The van der Waals surface area contributed by atoms with Crippen LogP contribution in [-0.4, -0.2) is 30.3 Å². The Hall–Kier alpha value is -2.56. The molecule has 1 N–H and O–H groups in total. The molecule has 0 atom stereocenters. The van der Waals surface area contributed by atoms with Crippen LogP contribution in [-0.2, 0) is 14.3 Å². The summed E-state index contributed by atoms with van der Waals surface area (Å²) in [6.45, 7) is 4.58. The second-order valence-electron chi connectivity index (χ2n) is 7.00. The smallest absolute Gasteiger partial charge is 0.330 e. The van der Waals surface area contributed by atoms with E-state index >= 15 is 0 Å². The molecule has 0 radical (unpaired) electrons. The van der Waals surface area contributed by atoms with Gasteiger partial charge >= 0.3 is 11.9 Å². The van der Waals surface area contributed by atoms with Crippen molar-refractivity contribution in [3.8, 4) is 5.75 Å². The van der Waals surface area contributed by atoms with Gasteiger partial charge in [-0.2, -0.15) is 0 Å². The van der Waals surface area contributed by atoms with Crippen LogP contribution < -0.4 is 4.74 Å². The number of unbranched alkanes of at least 4 members (excludes halogenated alkanes) is 9. The van der Waals surface area contributed by atoms with Crippen molar-refractivity contribution in [2.75, 3.05) is 13.2 Å². The lowest BCUT2D eigenvalue weighted by molar-refractivity contribution is -0.138. The minimum absolute atomic E-state index is 0.335. The monoisotopic (exact) mass is 402 g/mol. The van der Waals surface area contributed by atoms with E-state index in [1.54, 1.807) is 6.08 Å². The summed E-state index contributed by atoms with van der Waals surface area (Å²) < 4.78 is 10.7. The zero-order valence-corrected chi connectivity index (χ0v) is 17.3. The first-order chi connectivity index (χ1) is 14.1. The average Bonchev–Trinajstić information content (AvgIpc) is 2.73. The molecule has 0 spiro atoms. The Morgan fingerprint density at radius 3 is 1.86 bits per heavy atom. The van der Waals surface area contributed by atoms with Gasteiger partial charge in [-0.25, -0.2) is 9.59 Å². The molecule has 0 amide bonds. The van der Waals surface area contributed by atoms with E-state index in [1.807, 2.05) is 24.3 Å². The SMILES string of the molecule is C=CC(=O)OCCCCCCCCCCCCOc1ccc(C=CC(=O)O)cc1. The molecule has 0 fully saturated rings. The van der Waals surface area contributed by atoms with Crippen molar-refractivity contribution >= 4 is 18.0 Å². The molecule has 0 aromatic heterocycles. The average molecular weight is 403 g/mol. The second kappa shape index (κ2) is 16.4. The second-order valence-corrected chi connectivity index (χ2v) is 7.00. The van der Waals surface area contributed by atoms with Crippen LogP contribution in [0.5, 0.6) is 5.75 Å². The van der Waals surface area contributed by atoms with E-state index in [4.69, 9.17) is 14.6 Å². The number of esters is 1. The van der Waals surface area contributed by atoms with Crippen molar-refractivity contribution < 1.29 is 24.2 Å². The summed E-state index contributed by atoms with van der Waals surface area (Å²) in [5.74, 6) is -0.468. The van der Waals surface area contributed by atoms with E-state index in [-0.39, 0.29) is 5.97 Å². The molecule has 0 aliphatic rings. The molecule has 0 aliphatic heterocycles. The van der Waals surface area contributed by atoms with Gasteiger partial charge in [-0.05, 0) is 36.6 Å². The molecule has 0 aliphatic carbocycles. The van der Waals surface area contributed by atoms with Gasteiger partial charge in [-0.3, -0.25) is 0 Å². The number of ether oxygens (including phenoxy) is 2. The molecule has 1 aromatic carbocycles. The minimum Gasteiger partial charge on any atom is -0.494 e. The zero-order valence-electron chi connectivity index (χ0n) is 17.3. The van der Waals surface area contributed by atoms with Gasteiger partial charge in [-0.15, -0.1) is 0 Å². The molecule has 0 saturated carbocycles. The summed E-state index contributed by atoms with van der Waals surface area (Å²) in [6.07, 6.45) is 15.6. The first-order valence-corrected chi connectivity index (χ1v) is 10.5. The van der Waals surface area contributed by atoms with E-state index in [0.717, 1.165) is 36.7 Å². The standard InChI is InChI=1S/C24H34O5/c1-2-24(27)29-20-12-10-8-6-4-3-5-7-9-11-19-28-22-16-13-21(14-17-22)15-18-23(25)26/h2,13-18H,1,3-12,19-20H2,(H,25,26). The third kappa shape index (κ3) is 14.1. The lowest BCUT2D eigenvalue weighted by Crippen LogP contribution is -2.01. The summed E-state index contributed by atoms with van der Waals surface area (Å²) in [4.78, 5) is 21.4. The number of hydrogen-bond donors (Lipinski definition) is 1. The Balaban J connectivity index is 1.89. The van der Waals surface area contributed by atoms with Crippen molar-refractivity contribution in [1.82, 2.24) is 0 Å². The van der Waals surface area contributed by atoms with Crippen molar-refractivity contribution in [2.24, 2.45) is 0 Å². The van der Waals surface area contributed by atoms with Crippen LogP contribution in [0.15, 0.2) is 43.0 Å². The molecule has 0 bridgehead atoms. The molecule has 5 heteroatoms. The molecule has 160 valence electrons. The number of rotatable bonds is 17. The summed E-state index contributed by atoms with van der Waals surface area (Å²) in [6, 6.07) is 7.43. The van der Waals surface area contributed by atoms with Gasteiger partial charge in [-0.1, -0.05) is 70.1 Å². The van der Waals surface area contributed by atoms with Gasteiger partial charge in [0, 0.05) is 12.2 Å². The summed E-state index contributed by atoms with van der Waals surface area (Å²) in [5, 5.41) is 8.61. The highest BCUT2D eigenvalue weighted by molar-refractivity contribution is 5.85. The fourth-order valence-electron chi connectivity index (χ4n) is 2.88. The van der Waals surface area contributed by atoms with Gasteiger partial charge in [0.2, 0.25) is 0 Å². The molecule has 0 unspecified atom stereocenters. The van der Waals surface area contributed by atoms with E-state index in [0.29, 0.717) is 13.2 Å². The predicted octanol–water partition coefficient (Wildman–Crippen LogP) is 5.79. The van der Waals surface area contributed by atoms with E-state index in [1.165, 1.54) is 51.0 Å². The number of carboxylic acids is 1. The molecule has 29 heavy (non-hydrogen) atoms. The van der Waals surface area contributed by atoms with Gasteiger partial charge in [0.15, 0.2) is 0 Å². The van der Waals surface area contributed by atoms with Crippen molar-refractivity contribution in [3.63, 3.8) is 0 Å². The van der Waals surface area contributed by atoms with E-state index in [2.05, 4.69) is 6.58 Å². The summed E-state index contributed by atoms with van der Waals surface area (Å²) in [5.41, 5.74) is 0.843. The topological polar surface area (TPSA) is 72.8 Å². The Kier molecular flexibility index (Phi) is 13.8. The highest BCUT2D eigenvalue weighted by atomic mass is 16.5. The number of aliphatic carboxylic acids is 1. The van der Waals surface area contributed by atoms with Crippen LogP contribution in [0.4, 0.5) is 0 Å². The lowest BCUT2D eigenvalue weighted by atomic mass is 10.1. The lowest BCUT2D eigenvalue weighted by Gasteiger charge is -2.06. The maximum atomic E-state index is 10.9. The number of carboxylic acid groups (broad SMARTS) is 1. The highest BCUT2D eigenvalue weighted by Gasteiger charge is 1.97. The van der Waals surface area contributed by atoms with Gasteiger partial charge in [0.05, 0.1) is 13.2 Å². The van der Waals surface area contributed by atoms with Crippen molar-refractivity contribution in [1.29, 1.82) is 0 Å². The quantitative estimate of drug-likeness (QED) is 0.203. The number of benzene rings is 1. The molecule has 5 nitrogen and oxygen atoms in total. The molecular weight excluding hydrogens is 368 g/mol. The molecular formula is C24H34O5. The van der Waals surface area contributed by atoms with Gasteiger partial charge in [0.25, 0.3) is 0 Å². The van der Waals surface area contributed by atoms with E-state index in [9.17, 15) is 9.59 Å². The molecule has 1 rings (SSSR count). The summed E-state index contributed by atoms with van der Waals surface area (Å²) in [7, 11) is 0. The maximum absolute atomic E-state index is 10.9. The van der Waals surface area contributed by atoms with Crippen LogP contribution in [0, 0.1) is 0 Å². The first kappa shape index (κ1) is 24.5. The van der Waals surface area contributed by atoms with Crippen LogP contribution in [0.3, 0.4) is 0 Å². The Morgan fingerprint density at radius 2 is 1.34 bits per heavy atom. The fourth-order valence-corrected chi connectivity index (χ4v) is 2.88. The number of hydrogen-bond acceptors (Lipinski definition) is 4. The third-order valence-corrected chi connectivity index (χ3v) is 4.52. The highest BCUT2D eigenvalue weighted by Crippen LogP contribution is 2.15. The minimum atomic E-state index is -0.950. The normalized spacial score (nSPS) is 10.8. The van der Waals surface area contributed by atoms with Crippen LogP contribution in [0.2, 0.25) is 0 Å². The zero-order chi connectivity index (χ0) is 21.2. The Bertz CT molecular complexity index is 619. The Morgan fingerprint density at radius 1 is 0.828 bits per heavy atom. The third-order valence-electron chi connectivity index (χ3n) is 4.52. The van der Waals surface area contributed by atoms with Crippen molar-refractivity contribution in [2.45, 2.75) is 64.2 Å². The van der Waals surface area contributed by atoms with E-state index < -0.39 is 5.97 Å². The Labute approximate surface area is 174 Å². The fraction of sp³-hybridized carbons (Fsp3) is 0.500. The molecule has 1 aromatic rings. The largest absolute Gasteiger partial charge is 0.494 e. The molecule has 0 heterocycles. The number of carbonyl (C=O) groups excluding carboxylic acids is 1. The predicted molar refractivity (Wildman–Crippen MR) is 116 cm³/mol. The van der Waals surface area contributed by atoms with Crippen LogP contribution in [0.1, 0.15) is 69.8 Å². The van der Waals surface area contributed by atoms with Gasteiger partial charge in [0.1, 0.15) is 5.75 Å².